The quantitative estimate of drug-likeness (QED) is 0.744. The van der Waals surface area contributed by atoms with Gasteiger partial charge in [0.15, 0.2) is 6.61 Å². The predicted octanol–water partition coefficient (Wildman–Crippen LogP) is 2.34. The molecule has 1 aliphatic rings. The molecule has 6 nitrogen and oxygen atoms in total. The molecule has 0 spiro atoms. The number of amides is 1. The molecule has 0 radical (unpaired) electrons. The van der Waals surface area contributed by atoms with Crippen LogP contribution in [-0.4, -0.2) is 54.7 Å². The number of aromatic amines is 1. The lowest BCUT2D eigenvalue weighted by Crippen LogP contribution is -2.42. The van der Waals surface area contributed by atoms with Gasteiger partial charge >= 0.3 is 5.97 Å². The number of rotatable bonds is 3. The molecule has 1 aromatic heterocycles. The standard InChI is InChI=1S/C19H18N2O4/c22-18(21-7-9-24-10-8-21)12-25-19(23)17-11-15-14-4-2-1-3-13(14)5-6-16(15)20-17/h1-6,11,20H,7-10,12H2. The van der Waals surface area contributed by atoms with Crippen molar-refractivity contribution in [2.45, 2.75) is 0 Å². The highest BCUT2D eigenvalue weighted by atomic mass is 16.5. The van der Waals surface area contributed by atoms with Crippen LogP contribution in [0, 0.1) is 0 Å². The van der Waals surface area contributed by atoms with Crippen LogP contribution in [0.1, 0.15) is 10.5 Å². The van der Waals surface area contributed by atoms with Crippen LogP contribution in [-0.2, 0) is 14.3 Å². The molecule has 1 fully saturated rings. The van der Waals surface area contributed by atoms with Gasteiger partial charge in [-0.2, -0.15) is 0 Å². The minimum absolute atomic E-state index is 0.196. The number of H-pyrrole nitrogens is 1. The Morgan fingerprint density at radius 2 is 1.88 bits per heavy atom. The Hall–Kier alpha value is -2.86. The number of aromatic nitrogens is 1. The van der Waals surface area contributed by atoms with Crippen molar-refractivity contribution in [3.63, 3.8) is 0 Å². The zero-order valence-electron chi connectivity index (χ0n) is 13.7. The first-order valence-electron chi connectivity index (χ1n) is 8.25. The van der Waals surface area contributed by atoms with E-state index in [0.717, 1.165) is 21.7 Å². The number of carbonyl (C=O) groups is 2. The zero-order chi connectivity index (χ0) is 17.2. The third-order valence-electron chi connectivity index (χ3n) is 4.44. The number of benzene rings is 2. The van der Waals surface area contributed by atoms with Crippen LogP contribution in [0.4, 0.5) is 0 Å². The molecular formula is C19H18N2O4. The van der Waals surface area contributed by atoms with Gasteiger partial charge in [0, 0.05) is 24.0 Å². The number of nitrogens with one attached hydrogen (secondary N) is 1. The van der Waals surface area contributed by atoms with Crippen molar-refractivity contribution in [3.05, 3.63) is 48.2 Å². The van der Waals surface area contributed by atoms with Gasteiger partial charge in [0.05, 0.1) is 13.2 Å². The van der Waals surface area contributed by atoms with Gasteiger partial charge in [-0.3, -0.25) is 4.79 Å². The molecule has 6 heteroatoms. The van der Waals surface area contributed by atoms with Gasteiger partial charge in [-0.05, 0) is 22.9 Å². The molecule has 0 saturated carbocycles. The Balaban J connectivity index is 1.50. The average molecular weight is 338 g/mol. The minimum Gasteiger partial charge on any atom is -0.451 e. The molecule has 4 rings (SSSR count). The molecule has 25 heavy (non-hydrogen) atoms. The molecule has 0 aliphatic carbocycles. The maximum atomic E-state index is 12.3. The number of fused-ring (bicyclic) bond motifs is 3. The van der Waals surface area contributed by atoms with Crippen LogP contribution in [0.25, 0.3) is 21.7 Å². The summed E-state index contributed by atoms with van der Waals surface area (Å²) in [6.45, 7) is 1.86. The summed E-state index contributed by atoms with van der Waals surface area (Å²) in [6, 6.07) is 13.7. The van der Waals surface area contributed by atoms with Gasteiger partial charge < -0.3 is 19.4 Å². The van der Waals surface area contributed by atoms with Crippen LogP contribution in [0.2, 0.25) is 0 Å². The Bertz CT molecular complexity index is 941. The third-order valence-corrected chi connectivity index (χ3v) is 4.44. The molecule has 2 heterocycles. The number of hydrogen-bond donors (Lipinski definition) is 1. The van der Waals surface area contributed by atoms with Crippen LogP contribution in [0.3, 0.4) is 0 Å². The van der Waals surface area contributed by atoms with Crippen molar-refractivity contribution in [1.82, 2.24) is 9.88 Å². The summed E-state index contributed by atoms with van der Waals surface area (Å²) in [4.78, 5) is 29.1. The van der Waals surface area contributed by atoms with E-state index in [9.17, 15) is 9.59 Å². The smallest absolute Gasteiger partial charge is 0.355 e. The molecule has 128 valence electrons. The summed E-state index contributed by atoms with van der Waals surface area (Å²) in [5.41, 5.74) is 1.21. The molecule has 0 bridgehead atoms. The van der Waals surface area contributed by atoms with Gasteiger partial charge in [0.25, 0.3) is 5.91 Å². The molecule has 1 N–H and O–H groups in total. The van der Waals surface area contributed by atoms with E-state index in [4.69, 9.17) is 9.47 Å². The maximum Gasteiger partial charge on any atom is 0.355 e. The SMILES string of the molecule is O=C(OCC(=O)N1CCOCC1)c1cc2c(ccc3ccccc32)[nH]1. The average Bonchev–Trinajstić information content (AvgIpc) is 3.11. The topological polar surface area (TPSA) is 71.6 Å². The highest BCUT2D eigenvalue weighted by Gasteiger charge is 2.19. The van der Waals surface area contributed by atoms with E-state index in [1.54, 1.807) is 11.0 Å². The largest absolute Gasteiger partial charge is 0.451 e. The Morgan fingerprint density at radius 1 is 1.08 bits per heavy atom. The summed E-state index contributed by atoms with van der Waals surface area (Å²) >= 11 is 0. The van der Waals surface area contributed by atoms with E-state index in [1.165, 1.54) is 0 Å². The second-order valence-electron chi connectivity index (χ2n) is 6.00. The molecule has 0 atom stereocenters. The first-order valence-corrected chi connectivity index (χ1v) is 8.25. The van der Waals surface area contributed by atoms with Gasteiger partial charge in [-0.15, -0.1) is 0 Å². The zero-order valence-corrected chi connectivity index (χ0v) is 13.7. The summed E-state index contributed by atoms with van der Waals surface area (Å²) in [5.74, 6) is -0.722. The fourth-order valence-electron chi connectivity index (χ4n) is 3.10. The minimum atomic E-state index is -0.526. The summed E-state index contributed by atoms with van der Waals surface area (Å²) in [7, 11) is 0. The van der Waals surface area contributed by atoms with Gasteiger partial charge in [0.2, 0.25) is 0 Å². The monoisotopic (exact) mass is 338 g/mol. The van der Waals surface area contributed by atoms with Gasteiger partial charge in [-0.25, -0.2) is 4.79 Å². The van der Waals surface area contributed by atoms with Crippen molar-refractivity contribution in [2.75, 3.05) is 32.9 Å². The lowest BCUT2D eigenvalue weighted by atomic mass is 10.1. The van der Waals surface area contributed by atoms with Crippen LogP contribution in [0.15, 0.2) is 42.5 Å². The fourth-order valence-corrected chi connectivity index (χ4v) is 3.10. The van der Waals surface area contributed by atoms with Crippen molar-refractivity contribution in [2.24, 2.45) is 0 Å². The Morgan fingerprint density at radius 3 is 2.72 bits per heavy atom. The number of morpholine rings is 1. The Labute approximate surface area is 144 Å². The number of ether oxygens (including phenoxy) is 2. The third kappa shape index (κ3) is 3.08. The normalized spacial score (nSPS) is 14.8. The van der Waals surface area contributed by atoms with Gasteiger partial charge in [-0.1, -0.05) is 30.3 Å². The summed E-state index contributed by atoms with van der Waals surface area (Å²) in [6.07, 6.45) is 0. The van der Waals surface area contributed by atoms with E-state index >= 15 is 0 Å². The first-order chi connectivity index (χ1) is 12.2. The van der Waals surface area contributed by atoms with Crippen molar-refractivity contribution in [1.29, 1.82) is 0 Å². The van der Waals surface area contributed by atoms with Gasteiger partial charge in [0.1, 0.15) is 5.69 Å². The molecular weight excluding hydrogens is 320 g/mol. The molecule has 0 unspecified atom stereocenters. The molecule has 2 aromatic carbocycles. The molecule has 1 aliphatic heterocycles. The number of esters is 1. The molecule has 1 amide bonds. The molecule has 1 saturated heterocycles. The van der Waals surface area contributed by atoms with Crippen LogP contribution in [0.5, 0.6) is 0 Å². The lowest BCUT2D eigenvalue weighted by molar-refractivity contribution is -0.138. The summed E-state index contributed by atoms with van der Waals surface area (Å²) < 4.78 is 10.4. The second kappa shape index (κ2) is 6.57. The lowest BCUT2D eigenvalue weighted by Gasteiger charge is -2.26. The van der Waals surface area contributed by atoms with Crippen molar-refractivity contribution < 1.29 is 19.1 Å². The number of carbonyl (C=O) groups excluding carboxylic acids is 2. The van der Waals surface area contributed by atoms with E-state index in [-0.39, 0.29) is 12.5 Å². The highest BCUT2D eigenvalue weighted by molar-refractivity contribution is 6.09. The van der Waals surface area contributed by atoms with Crippen LogP contribution >= 0.6 is 0 Å². The first kappa shape index (κ1) is 15.7. The van der Waals surface area contributed by atoms with E-state index in [0.29, 0.717) is 32.0 Å². The van der Waals surface area contributed by atoms with Crippen LogP contribution < -0.4 is 0 Å². The van der Waals surface area contributed by atoms with Crippen molar-refractivity contribution in [3.8, 4) is 0 Å². The predicted molar refractivity (Wildman–Crippen MR) is 93.5 cm³/mol. The Kier molecular flexibility index (Phi) is 4.11. The van der Waals surface area contributed by atoms with Crippen molar-refractivity contribution >= 4 is 33.6 Å². The number of nitrogens with zero attached hydrogens (tertiary/aromatic N) is 1. The second-order valence-corrected chi connectivity index (χ2v) is 6.00. The van der Waals surface area contributed by atoms with E-state index < -0.39 is 5.97 Å². The number of hydrogen-bond acceptors (Lipinski definition) is 4. The fraction of sp³-hybridized carbons (Fsp3) is 0.263. The molecule has 3 aromatic rings. The highest BCUT2D eigenvalue weighted by Crippen LogP contribution is 2.26. The van der Waals surface area contributed by atoms with E-state index in [2.05, 4.69) is 4.98 Å². The van der Waals surface area contributed by atoms with E-state index in [1.807, 2.05) is 36.4 Å². The summed E-state index contributed by atoms with van der Waals surface area (Å²) in [5, 5.41) is 3.14. The maximum absolute atomic E-state index is 12.3.